The standard InChI is InChI=1S/C18H17N3O3S2/c22-16(20-18-19-13(11-26-18)15-6-3-9-25-15)12-4-1-7-21(10-12)17(23)14-5-2-8-24-14/h2-3,5-6,8-9,11-12H,1,4,7,10H2,(H,19,20,22)/t12-/m0/s1. The first kappa shape index (κ1) is 17.0. The van der Waals surface area contributed by atoms with E-state index in [2.05, 4.69) is 10.3 Å². The second-order valence-electron chi connectivity index (χ2n) is 6.07. The summed E-state index contributed by atoms with van der Waals surface area (Å²) in [7, 11) is 0. The van der Waals surface area contributed by atoms with Crippen LogP contribution in [0.1, 0.15) is 23.4 Å². The molecule has 1 atom stereocenters. The molecule has 8 heteroatoms. The Morgan fingerprint density at radius 3 is 2.96 bits per heavy atom. The first-order valence-corrected chi connectivity index (χ1v) is 10.1. The Bertz CT molecular complexity index is 887. The van der Waals surface area contributed by atoms with Crippen LogP contribution in [0.25, 0.3) is 10.6 Å². The van der Waals surface area contributed by atoms with Crippen LogP contribution < -0.4 is 5.32 Å². The van der Waals surface area contributed by atoms with Crippen molar-refractivity contribution in [2.24, 2.45) is 5.92 Å². The van der Waals surface area contributed by atoms with Gasteiger partial charge in [0.05, 0.1) is 22.8 Å². The van der Waals surface area contributed by atoms with Crippen LogP contribution in [-0.4, -0.2) is 34.8 Å². The van der Waals surface area contributed by atoms with Crippen LogP contribution in [0.2, 0.25) is 0 Å². The molecular formula is C18H17N3O3S2. The second-order valence-corrected chi connectivity index (χ2v) is 7.88. The van der Waals surface area contributed by atoms with Gasteiger partial charge in [-0.1, -0.05) is 6.07 Å². The number of thiophene rings is 1. The molecule has 1 N–H and O–H groups in total. The van der Waals surface area contributed by atoms with Gasteiger partial charge in [0.15, 0.2) is 10.9 Å². The molecule has 0 spiro atoms. The Hall–Kier alpha value is -2.45. The topological polar surface area (TPSA) is 75.4 Å². The second kappa shape index (κ2) is 7.43. The Morgan fingerprint density at radius 1 is 1.27 bits per heavy atom. The average Bonchev–Trinajstić information content (AvgIpc) is 3.42. The van der Waals surface area contributed by atoms with Gasteiger partial charge in [-0.2, -0.15) is 0 Å². The maximum absolute atomic E-state index is 12.6. The number of thiazole rings is 1. The smallest absolute Gasteiger partial charge is 0.289 e. The fraction of sp³-hybridized carbons (Fsp3) is 0.278. The first-order valence-electron chi connectivity index (χ1n) is 8.34. The van der Waals surface area contributed by atoms with E-state index in [1.807, 2.05) is 22.9 Å². The number of likely N-dealkylation sites (tertiary alicyclic amines) is 1. The van der Waals surface area contributed by atoms with E-state index in [1.165, 1.54) is 17.6 Å². The largest absolute Gasteiger partial charge is 0.459 e. The molecule has 0 aromatic carbocycles. The third-order valence-electron chi connectivity index (χ3n) is 4.32. The van der Waals surface area contributed by atoms with Crippen molar-refractivity contribution in [3.05, 3.63) is 47.0 Å². The predicted octanol–water partition coefficient (Wildman–Crippen LogP) is 3.96. The van der Waals surface area contributed by atoms with E-state index in [1.54, 1.807) is 28.4 Å². The van der Waals surface area contributed by atoms with Gasteiger partial charge in [-0.25, -0.2) is 4.98 Å². The Labute approximate surface area is 158 Å². The van der Waals surface area contributed by atoms with Crippen LogP contribution in [0.15, 0.2) is 45.7 Å². The summed E-state index contributed by atoms with van der Waals surface area (Å²) in [5.41, 5.74) is 0.874. The summed E-state index contributed by atoms with van der Waals surface area (Å²) in [5, 5.41) is 7.43. The SMILES string of the molecule is O=C(Nc1nc(-c2cccs2)cs1)[C@H]1CCCN(C(=O)c2ccco2)C1. The lowest BCUT2D eigenvalue weighted by Gasteiger charge is -2.31. The third-order valence-corrected chi connectivity index (χ3v) is 5.97. The van der Waals surface area contributed by atoms with Crippen molar-refractivity contribution in [2.75, 3.05) is 18.4 Å². The minimum atomic E-state index is -0.239. The fourth-order valence-electron chi connectivity index (χ4n) is 3.01. The molecule has 2 amide bonds. The lowest BCUT2D eigenvalue weighted by Crippen LogP contribution is -2.43. The molecule has 0 radical (unpaired) electrons. The van der Waals surface area contributed by atoms with E-state index in [-0.39, 0.29) is 17.7 Å². The van der Waals surface area contributed by atoms with Gasteiger partial charge in [0.25, 0.3) is 5.91 Å². The molecule has 1 aliphatic rings. The zero-order valence-electron chi connectivity index (χ0n) is 13.9. The molecular weight excluding hydrogens is 370 g/mol. The number of nitrogens with zero attached hydrogens (tertiary/aromatic N) is 2. The average molecular weight is 387 g/mol. The molecule has 1 aliphatic heterocycles. The number of furan rings is 1. The van der Waals surface area contributed by atoms with Crippen molar-refractivity contribution in [3.8, 4) is 10.6 Å². The van der Waals surface area contributed by atoms with E-state index in [0.717, 1.165) is 23.4 Å². The van der Waals surface area contributed by atoms with Gasteiger partial charge in [0.2, 0.25) is 5.91 Å². The maximum Gasteiger partial charge on any atom is 0.289 e. The molecule has 6 nitrogen and oxygen atoms in total. The van der Waals surface area contributed by atoms with Crippen molar-refractivity contribution in [1.82, 2.24) is 9.88 Å². The van der Waals surface area contributed by atoms with Crippen molar-refractivity contribution >= 4 is 39.6 Å². The number of amides is 2. The van der Waals surface area contributed by atoms with Gasteiger partial charge in [0, 0.05) is 18.5 Å². The molecule has 0 aliphatic carbocycles. The van der Waals surface area contributed by atoms with E-state index < -0.39 is 0 Å². The van der Waals surface area contributed by atoms with Gasteiger partial charge in [-0.3, -0.25) is 9.59 Å². The third kappa shape index (κ3) is 3.56. The highest BCUT2D eigenvalue weighted by Crippen LogP contribution is 2.29. The summed E-state index contributed by atoms with van der Waals surface area (Å²) < 4.78 is 5.18. The monoisotopic (exact) mass is 387 g/mol. The summed E-state index contributed by atoms with van der Waals surface area (Å²) in [5.74, 6) is -0.181. The van der Waals surface area contributed by atoms with Crippen LogP contribution >= 0.6 is 22.7 Å². The Kier molecular flexibility index (Phi) is 4.85. The van der Waals surface area contributed by atoms with Crippen LogP contribution in [0.4, 0.5) is 5.13 Å². The molecule has 1 saturated heterocycles. The zero-order chi connectivity index (χ0) is 17.9. The summed E-state index contributed by atoms with van der Waals surface area (Å²) in [6.07, 6.45) is 3.04. The van der Waals surface area contributed by atoms with Crippen molar-refractivity contribution in [1.29, 1.82) is 0 Å². The normalized spacial score (nSPS) is 17.2. The summed E-state index contributed by atoms with van der Waals surface area (Å²) >= 11 is 3.03. The molecule has 4 heterocycles. The number of rotatable bonds is 4. The van der Waals surface area contributed by atoms with Gasteiger partial charge in [-0.15, -0.1) is 22.7 Å². The highest BCUT2D eigenvalue weighted by Gasteiger charge is 2.30. The van der Waals surface area contributed by atoms with Gasteiger partial charge in [-0.05, 0) is 36.4 Å². The molecule has 1 fully saturated rings. The number of carbonyl (C=O) groups is 2. The molecule has 0 unspecified atom stereocenters. The molecule has 4 rings (SSSR count). The van der Waals surface area contributed by atoms with E-state index in [4.69, 9.17) is 4.42 Å². The Morgan fingerprint density at radius 2 is 2.19 bits per heavy atom. The van der Waals surface area contributed by atoms with E-state index >= 15 is 0 Å². The molecule has 26 heavy (non-hydrogen) atoms. The Balaban J connectivity index is 1.39. The van der Waals surface area contributed by atoms with Crippen LogP contribution in [-0.2, 0) is 4.79 Å². The fourth-order valence-corrected chi connectivity index (χ4v) is 4.48. The predicted molar refractivity (Wildman–Crippen MR) is 101 cm³/mol. The van der Waals surface area contributed by atoms with E-state index in [9.17, 15) is 9.59 Å². The minimum Gasteiger partial charge on any atom is -0.459 e. The molecule has 0 bridgehead atoms. The quantitative estimate of drug-likeness (QED) is 0.735. The van der Waals surface area contributed by atoms with Crippen molar-refractivity contribution in [2.45, 2.75) is 12.8 Å². The summed E-state index contributed by atoms with van der Waals surface area (Å²) in [4.78, 5) is 32.3. The maximum atomic E-state index is 12.6. The number of carbonyl (C=O) groups excluding carboxylic acids is 2. The van der Waals surface area contributed by atoms with Gasteiger partial charge >= 0.3 is 0 Å². The summed E-state index contributed by atoms with van der Waals surface area (Å²) in [6, 6.07) is 7.32. The van der Waals surface area contributed by atoms with Crippen LogP contribution in [0.3, 0.4) is 0 Å². The minimum absolute atomic E-state index is 0.0889. The lowest BCUT2D eigenvalue weighted by molar-refractivity contribution is -0.121. The lowest BCUT2D eigenvalue weighted by atomic mass is 9.97. The number of nitrogens with one attached hydrogen (secondary N) is 1. The number of piperidine rings is 1. The first-order chi connectivity index (χ1) is 12.7. The van der Waals surface area contributed by atoms with Gasteiger partial charge < -0.3 is 14.6 Å². The van der Waals surface area contributed by atoms with Gasteiger partial charge in [0.1, 0.15) is 0 Å². The number of aromatic nitrogens is 1. The highest BCUT2D eigenvalue weighted by atomic mass is 32.1. The number of anilines is 1. The molecule has 0 saturated carbocycles. The summed E-state index contributed by atoms with van der Waals surface area (Å²) in [6.45, 7) is 1.04. The zero-order valence-corrected chi connectivity index (χ0v) is 15.5. The number of hydrogen-bond donors (Lipinski definition) is 1. The molecule has 3 aromatic heterocycles. The van der Waals surface area contributed by atoms with E-state index in [0.29, 0.717) is 24.0 Å². The van der Waals surface area contributed by atoms with Crippen LogP contribution in [0, 0.1) is 5.92 Å². The molecule has 134 valence electrons. The highest BCUT2D eigenvalue weighted by molar-refractivity contribution is 7.16. The van der Waals surface area contributed by atoms with Crippen LogP contribution in [0.5, 0.6) is 0 Å². The number of hydrogen-bond acceptors (Lipinski definition) is 6. The van der Waals surface area contributed by atoms with Crippen molar-refractivity contribution in [3.63, 3.8) is 0 Å². The molecule has 3 aromatic rings. The van der Waals surface area contributed by atoms with Crippen molar-refractivity contribution < 1.29 is 14.0 Å².